The quantitative estimate of drug-likeness (QED) is 0.702. The minimum absolute atomic E-state index is 0.0117. The number of benzene rings is 2. The van der Waals surface area contributed by atoms with E-state index in [1.807, 2.05) is 37.3 Å². The maximum Gasteiger partial charge on any atom is 0.275 e. The lowest BCUT2D eigenvalue weighted by Crippen LogP contribution is -3.15. The number of sulfonamides is 1. The molecule has 2 N–H and O–H groups in total. The lowest BCUT2D eigenvalue weighted by Gasteiger charge is -2.31. The van der Waals surface area contributed by atoms with Gasteiger partial charge in [-0.1, -0.05) is 55.0 Å². The molecular formula is C22H30N3O3S+. The molecular weight excluding hydrogens is 386 g/mol. The van der Waals surface area contributed by atoms with Crippen LogP contribution < -0.4 is 10.2 Å². The molecule has 1 fully saturated rings. The smallest absolute Gasteiger partial charge is 0.275 e. The Morgan fingerprint density at radius 3 is 2.31 bits per heavy atom. The van der Waals surface area contributed by atoms with Gasteiger partial charge >= 0.3 is 0 Å². The molecule has 1 atom stereocenters. The molecule has 0 spiro atoms. The van der Waals surface area contributed by atoms with E-state index in [2.05, 4.69) is 24.4 Å². The van der Waals surface area contributed by atoms with Crippen molar-refractivity contribution >= 4 is 15.9 Å². The fraction of sp³-hybridized carbons (Fsp3) is 0.409. The number of hydrogen-bond donors (Lipinski definition) is 2. The number of carbonyl (C=O) groups is 1. The number of carbonyl (C=O) groups excluding carboxylic acids is 1. The van der Waals surface area contributed by atoms with Crippen molar-refractivity contribution in [1.82, 2.24) is 9.62 Å². The third-order valence-electron chi connectivity index (χ3n) is 5.47. The van der Waals surface area contributed by atoms with Gasteiger partial charge in [0.1, 0.15) is 0 Å². The molecule has 1 amide bonds. The van der Waals surface area contributed by atoms with Crippen LogP contribution in [0.15, 0.2) is 59.5 Å². The molecule has 0 bridgehead atoms. The number of hydrogen-bond acceptors (Lipinski definition) is 3. The van der Waals surface area contributed by atoms with Gasteiger partial charge in [0.15, 0.2) is 6.54 Å². The van der Waals surface area contributed by atoms with E-state index in [0.29, 0.717) is 44.2 Å². The summed E-state index contributed by atoms with van der Waals surface area (Å²) < 4.78 is 27.1. The van der Waals surface area contributed by atoms with Crippen molar-refractivity contribution in [3.63, 3.8) is 0 Å². The van der Waals surface area contributed by atoms with Crippen LogP contribution in [-0.2, 0) is 14.8 Å². The standard InChI is InChI=1S/C22H29N3O3S/c1-18-8-10-21(11-9-18)29(27,28)25-14-12-24(13-15-25)17-22(26)23-16-19(2)20-6-4-3-5-7-20/h3-11,19H,12-17H2,1-2H3,(H,23,26)/p+1/t19-/m1/s1. The van der Waals surface area contributed by atoms with Crippen LogP contribution in [0, 0.1) is 6.92 Å². The van der Waals surface area contributed by atoms with Crippen LogP contribution in [0.4, 0.5) is 0 Å². The summed E-state index contributed by atoms with van der Waals surface area (Å²) in [6.45, 7) is 7.13. The van der Waals surface area contributed by atoms with Gasteiger partial charge in [-0.3, -0.25) is 4.79 Å². The van der Waals surface area contributed by atoms with E-state index in [9.17, 15) is 13.2 Å². The molecule has 0 aliphatic carbocycles. The van der Waals surface area contributed by atoms with Crippen molar-refractivity contribution in [2.24, 2.45) is 0 Å². The molecule has 1 heterocycles. The van der Waals surface area contributed by atoms with Gasteiger partial charge in [0, 0.05) is 6.54 Å². The van der Waals surface area contributed by atoms with Gasteiger partial charge in [0.25, 0.3) is 5.91 Å². The third-order valence-corrected chi connectivity index (χ3v) is 7.39. The predicted octanol–water partition coefficient (Wildman–Crippen LogP) is 0.804. The van der Waals surface area contributed by atoms with Crippen molar-refractivity contribution in [2.45, 2.75) is 24.7 Å². The first-order valence-corrected chi connectivity index (χ1v) is 11.5. The summed E-state index contributed by atoms with van der Waals surface area (Å²) in [6.07, 6.45) is 0. The van der Waals surface area contributed by atoms with Crippen molar-refractivity contribution in [3.8, 4) is 0 Å². The van der Waals surface area contributed by atoms with Crippen molar-refractivity contribution in [3.05, 3.63) is 65.7 Å². The highest BCUT2D eigenvalue weighted by atomic mass is 32.2. The molecule has 0 radical (unpaired) electrons. The summed E-state index contributed by atoms with van der Waals surface area (Å²) in [5.41, 5.74) is 2.24. The molecule has 1 aliphatic rings. The Bertz CT molecular complexity index is 906. The van der Waals surface area contributed by atoms with Gasteiger partial charge in [-0.25, -0.2) is 8.42 Å². The Hall–Kier alpha value is -2.22. The Labute approximate surface area is 173 Å². The predicted molar refractivity (Wildman–Crippen MR) is 113 cm³/mol. The fourth-order valence-electron chi connectivity index (χ4n) is 3.53. The van der Waals surface area contributed by atoms with Crippen molar-refractivity contribution in [1.29, 1.82) is 0 Å². The SMILES string of the molecule is Cc1ccc(S(=O)(=O)N2CC[NH+](CC(=O)NC[C@@H](C)c3ccccc3)CC2)cc1. The summed E-state index contributed by atoms with van der Waals surface area (Å²) >= 11 is 0. The Balaban J connectivity index is 1.45. The zero-order valence-corrected chi connectivity index (χ0v) is 17.9. The molecule has 2 aromatic carbocycles. The molecule has 0 aromatic heterocycles. The minimum Gasteiger partial charge on any atom is -0.351 e. The van der Waals surface area contributed by atoms with E-state index in [1.54, 1.807) is 12.1 Å². The van der Waals surface area contributed by atoms with Crippen LogP contribution in [0.1, 0.15) is 24.0 Å². The first kappa shape index (κ1) is 21.5. The highest BCUT2D eigenvalue weighted by molar-refractivity contribution is 7.89. The average Bonchev–Trinajstić information content (AvgIpc) is 2.73. The number of rotatable bonds is 7. The number of nitrogens with zero attached hydrogens (tertiary/aromatic N) is 1. The van der Waals surface area contributed by atoms with Crippen molar-refractivity contribution < 1.29 is 18.1 Å². The van der Waals surface area contributed by atoms with Gasteiger partial charge in [0.05, 0.1) is 31.1 Å². The van der Waals surface area contributed by atoms with Crippen LogP contribution in [0.25, 0.3) is 0 Å². The highest BCUT2D eigenvalue weighted by Gasteiger charge is 2.31. The molecule has 6 nitrogen and oxygen atoms in total. The van der Waals surface area contributed by atoms with Gasteiger partial charge in [-0.05, 0) is 30.5 Å². The van der Waals surface area contributed by atoms with Crippen LogP contribution >= 0.6 is 0 Å². The Morgan fingerprint density at radius 2 is 1.69 bits per heavy atom. The van der Waals surface area contributed by atoms with E-state index in [4.69, 9.17) is 0 Å². The first-order valence-electron chi connectivity index (χ1n) is 10.1. The number of nitrogens with one attached hydrogen (secondary N) is 2. The highest BCUT2D eigenvalue weighted by Crippen LogP contribution is 2.16. The van der Waals surface area contributed by atoms with E-state index in [1.165, 1.54) is 9.87 Å². The second-order valence-electron chi connectivity index (χ2n) is 7.76. The lowest BCUT2D eigenvalue weighted by atomic mass is 10.0. The van der Waals surface area contributed by atoms with E-state index >= 15 is 0 Å². The van der Waals surface area contributed by atoms with E-state index < -0.39 is 10.0 Å². The summed E-state index contributed by atoms with van der Waals surface area (Å²) in [7, 11) is -3.46. The molecule has 0 saturated carbocycles. The van der Waals surface area contributed by atoms with Crippen LogP contribution in [0.3, 0.4) is 0 Å². The molecule has 7 heteroatoms. The maximum atomic E-state index is 12.8. The van der Waals surface area contributed by atoms with Crippen molar-refractivity contribution in [2.75, 3.05) is 39.3 Å². The van der Waals surface area contributed by atoms with Gasteiger partial charge in [-0.2, -0.15) is 4.31 Å². The van der Waals surface area contributed by atoms with Gasteiger partial charge < -0.3 is 10.2 Å². The molecule has 1 saturated heterocycles. The molecule has 1 aliphatic heterocycles. The number of aryl methyl sites for hydroxylation is 1. The second kappa shape index (κ2) is 9.52. The number of amides is 1. The van der Waals surface area contributed by atoms with Crippen LogP contribution in [-0.4, -0.2) is 57.9 Å². The normalized spacial score (nSPS) is 17.0. The molecule has 2 aromatic rings. The zero-order chi connectivity index (χ0) is 20.9. The zero-order valence-electron chi connectivity index (χ0n) is 17.1. The second-order valence-corrected chi connectivity index (χ2v) is 9.70. The molecule has 29 heavy (non-hydrogen) atoms. The topological polar surface area (TPSA) is 70.9 Å². The Kier molecular flexibility index (Phi) is 7.05. The minimum atomic E-state index is -3.46. The van der Waals surface area contributed by atoms with E-state index in [0.717, 1.165) is 10.5 Å². The molecule has 0 unspecified atom stereocenters. The number of quaternary nitrogens is 1. The van der Waals surface area contributed by atoms with Crippen LogP contribution in [0.2, 0.25) is 0 Å². The van der Waals surface area contributed by atoms with Crippen LogP contribution in [0.5, 0.6) is 0 Å². The molecule has 156 valence electrons. The third kappa shape index (κ3) is 5.65. The maximum absolute atomic E-state index is 12.8. The number of piperazine rings is 1. The molecule has 3 rings (SSSR count). The summed E-state index contributed by atoms with van der Waals surface area (Å²) in [6, 6.07) is 17.1. The Morgan fingerprint density at radius 1 is 1.07 bits per heavy atom. The largest absolute Gasteiger partial charge is 0.351 e. The summed E-state index contributed by atoms with van der Waals surface area (Å²) in [5.74, 6) is 0.268. The first-order chi connectivity index (χ1) is 13.9. The van der Waals surface area contributed by atoms with E-state index in [-0.39, 0.29) is 11.8 Å². The summed E-state index contributed by atoms with van der Waals surface area (Å²) in [5, 5.41) is 3.01. The monoisotopic (exact) mass is 416 g/mol. The fourth-order valence-corrected chi connectivity index (χ4v) is 4.98. The lowest BCUT2D eigenvalue weighted by molar-refractivity contribution is -0.895. The van der Waals surface area contributed by atoms with Gasteiger partial charge in [-0.15, -0.1) is 0 Å². The average molecular weight is 417 g/mol. The van der Waals surface area contributed by atoms with Gasteiger partial charge in [0.2, 0.25) is 10.0 Å². The summed E-state index contributed by atoms with van der Waals surface area (Å²) in [4.78, 5) is 13.8.